The van der Waals surface area contributed by atoms with E-state index in [2.05, 4.69) is 69.2 Å². The van der Waals surface area contributed by atoms with Crippen LogP contribution in [0.25, 0.3) is 0 Å². The number of carbonyl (C=O) groups is 6. The van der Waals surface area contributed by atoms with Crippen molar-refractivity contribution in [2.75, 3.05) is 0 Å². The van der Waals surface area contributed by atoms with Crippen molar-refractivity contribution in [3.05, 3.63) is 23.3 Å². The molecule has 0 spiro atoms. The van der Waals surface area contributed by atoms with E-state index in [0.717, 1.165) is 76.7 Å². The van der Waals surface area contributed by atoms with Crippen molar-refractivity contribution >= 4 is 78.1 Å². The summed E-state index contributed by atoms with van der Waals surface area (Å²) in [5.41, 5.74) is -0.207. The molecule has 0 unspecified atom stereocenters. The molecule has 0 atom stereocenters. The minimum atomic E-state index is -1.48. The van der Waals surface area contributed by atoms with Gasteiger partial charge in [-0.2, -0.15) is 0 Å². The zero-order chi connectivity index (χ0) is 60.3. The Morgan fingerprint density at radius 3 is 0.872 bits per heavy atom. The number of unbranched alkanes of at least 4 members (excludes halogenated alkanes) is 24. The normalized spacial score (nSPS) is 10.7. The second-order valence-corrected chi connectivity index (χ2v) is 30.0. The summed E-state index contributed by atoms with van der Waals surface area (Å²) in [5.74, 6) is -5.76. The van der Waals surface area contributed by atoms with Crippen molar-refractivity contribution < 1.29 is 59.4 Å². The third kappa shape index (κ3) is 96.2. The van der Waals surface area contributed by atoms with Crippen molar-refractivity contribution in [3.8, 4) is 0 Å². The average molecular weight is 1320 g/mol. The fourth-order valence-corrected chi connectivity index (χ4v) is 15.8. The minimum absolute atomic E-state index is 0.0166. The van der Waals surface area contributed by atoms with Gasteiger partial charge < -0.3 is 49.8 Å². The molecule has 0 saturated heterocycles. The summed E-state index contributed by atoms with van der Waals surface area (Å²) in [7, 11) is 0. The molecule has 0 heterocycles. The fourth-order valence-electron chi connectivity index (χ4n) is 7.47. The Morgan fingerprint density at radius 2 is 0.628 bits per heavy atom. The molecule has 0 bridgehead atoms. The number of carboxylic acid groups (broad SMARTS) is 6. The molecule has 456 valence electrons. The van der Waals surface area contributed by atoms with Gasteiger partial charge in [0.1, 0.15) is 0 Å². The predicted molar refractivity (Wildman–Crippen MR) is 321 cm³/mol. The first kappa shape index (κ1) is 87.1. The monoisotopic (exact) mass is 1320 g/mol. The molecule has 0 aliphatic heterocycles. The van der Waals surface area contributed by atoms with Crippen LogP contribution in [0.15, 0.2) is 23.3 Å². The van der Waals surface area contributed by atoms with Gasteiger partial charge >= 0.3 is 151 Å². The summed E-state index contributed by atoms with van der Waals surface area (Å²) >= 11 is 0.299. The Kier molecular flexibility index (Phi) is 83.7. The third-order valence-electron chi connectivity index (χ3n) is 12.4. The van der Waals surface area contributed by atoms with Crippen LogP contribution in [0, 0.1) is 11.8 Å². The van der Waals surface area contributed by atoms with E-state index in [9.17, 15) is 49.2 Å². The van der Waals surface area contributed by atoms with Crippen LogP contribution in [-0.4, -0.2) is 88.3 Å². The van der Waals surface area contributed by atoms with Crippen LogP contribution < -0.4 is 20.4 Å². The molecule has 0 aromatic rings. The van der Waals surface area contributed by atoms with E-state index in [4.69, 9.17) is 10.2 Å². The maximum absolute atomic E-state index is 10.7. The zero-order valence-corrected chi connectivity index (χ0v) is 57.7. The van der Waals surface area contributed by atoms with Gasteiger partial charge in [0.05, 0.1) is 11.9 Å². The van der Waals surface area contributed by atoms with Crippen LogP contribution in [-0.2, 0) is 28.8 Å². The van der Waals surface area contributed by atoms with Gasteiger partial charge in [-0.25, -0.2) is 9.59 Å². The topological polar surface area (TPSA) is 235 Å². The molecule has 0 aromatic heterocycles. The molecule has 2 N–H and O–H groups in total. The molecule has 78 heavy (non-hydrogen) atoms. The van der Waals surface area contributed by atoms with E-state index < -0.39 is 35.8 Å². The van der Waals surface area contributed by atoms with Gasteiger partial charge in [-0.05, 0) is 74.9 Å². The Balaban J connectivity index is -0.000000202. The van der Waals surface area contributed by atoms with Crippen LogP contribution >= 0.6 is 0 Å². The number of aliphatic carboxylic acids is 6. The van der Waals surface area contributed by atoms with E-state index >= 15 is 0 Å². The summed E-state index contributed by atoms with van der Waals surface area (Å²) in [4.78, 5) is 62.0. The van der Waals surface area contributed by atoms with Crippen molar-refractivity contribution in [1.29, 1.82) is 0 Å². The molecule has 0 fully saturated rings. The molecule has 0 saturated carbocycles. The second-order valence-electron chi connectivity index (χ2n) is 21.4. The zero-order valence-electron chi connectivity index (χ0n) is 52.0. The SMILES string of the molecule is CC(C)CCCCC/C(=C/C(=O)O)C(=O)O.CC(C)CCCCC/C(=C/C(=O)[O-])C(=O)[O-].CCCCCCCCCCCC(=O)[O-].CCCCCCCCCCCC(=O)[O-].CCC[CH2][Sn+2][CH2]CCC.CCC[CH2][Sn+2][CH2]CCC. The summed E-state index contributed by atoms with van der Waals surface area (Å²) in [6.45, 7) is 22.2. The van der Waals surface area contributed by atoms with Gasteiger partial charge in [-0.15, -0.1) is 0 Å². The Morgan fingerprint density at radius 1 is 0.359 bits per heavy atom. The van der Waals surface area contributed by atoms with E-state index in [-0.39, 0.29) is 72.7 Å². The van der Waals surface area contributed by atoms with Crippen LogP contribution in [0.4, 0.5) is 0 Å². The number of carbonyl (C=O) groups excluding carboxylic acids is 4. The molecule has 0 amide bonds. The van der Waals surface area contributed by atoms with Crippen molar-refractivity contribution in [2.45, 2.75) is 331 Å². The summed E-state index contributed by atoms with van der Waals surface area (Å²) in [6, 6.07) is 0. The van der Waals surface area contributed by atoms with Gasteiger partial charge in [0.2, 0.25) is 0 Å². The summed E-state index contributed by atoms with van der Waals surface area (Å²) in [5, 5.41) is 58.1. The predicted octanol–water partition coefficient (Wildman–Crippen LogP) is 14.3. The first-order valence-corrected chi connectivity index (χ1v) is 39.4. The van der Waals surface area contributed by atoms with E-state index in [1.165, 1.54) is 141 Å². The molecule has 0 radical (unpaired) electrons. The first-order valence-electron chi connectivity index (χ1n) is 31.3. The number of hydrogen-bond acceptors (Lipinski definition) is 10. The third-order valence-corrected chi connectivity index (χ3v) is 20.5. The van der Waals surface area contributed by atoms with Gasteiger partial charge in [0.25, 0.3) is 0 Å². The Hall–Kier alpha value is -2.10. The van der Waals surface area contributed by atoms with Crippen molar-refractivity contribution in [2.24, 2.45) is 11.8 Å². The van der Waals surface area contributed by atoms with Crippen molar-refractivity contribution in [3.63, 3.8) is 0 Å². The average Bonchev–Trinajstić information content (AvgIpc) is 3.37. The maximum atomic E-state index is 10.7. The molecule has 0 rings (SSSR count). The Bertz CT molecular complexity index is 1270. The molecule has 14 heteroatoms. The van der Waals surface area contributed by atoms with Crippen molar-refractivity contribution in [1.82, 2.24) is 0 Å². The molecule has 0 aliphatic rings. The first-order chi connectivity index (χ1) is 37.2. The van der Waals surface area contributed by atoms with Crippen LogP contribution in [0.3, 0.4) is 0 Å². The van der Waals surface area contributed by atoms with Gasteiger partial charge in [-0.1, -0.05) is 183 Å². The van der Waals surface area contributed by atoms with Gasteiger partial charge in [-0.3, -0.25) is 0 Å². The Labute approximate surface area is 500 Å². The van der Waals surface area contributed by atoms with Crippen LogP contribution in [0.1, 0.15) is 313 Å². The molecular weight excluding hydrogens is 1200 g/mol. The molecule has 0 aliphatic carbocycles. The van der Waals surface area contributed by atoms with Crippen LogP contribution in [0.2, 0.25) is 17.7 Å². The molecule has 12 nitrogen and oxygen atoms in total. The number of rotatable bonds is 48. The quantitative estimate of drug-likeness (QED) is 0.0329. The second kappa shape index (κ2) is 74.9. The number of carboxylic acids is 6. The van der Waals surface area contributed by atoms with E-state index in [0.29, 0.717) is 30.8 Å². The summed E-state index contributed by atoms with van der Waals surface area (Å²) in [6.07, 6.45) is 43.5. The molecular formula is C64H120O12Sn2. The summed E-state index contributed by atoms with van der Waals surface area (Å²) < 4.78 is 6.50. The van der Waals surface area contributed by atoms with Crippen LogP contribution in [0.5, 0.6) is 0 Å². The van der Waals surface area contributed by atoms with E-state index in [1.54, 1.807) is 17.7 Å². The van der Waals surface area contributed by atoms with Gasteiger partial charge in [0, 0.05) is 23.6 Å². The molecule has 0 aromatic carbocycles. The fraction of sp³-hybridized carbons (Fsp3) is 0.844. The number of hydrogen-bond donors (Lipinski definition) is 2. The van der Waals surface area contributed by atoms with E-state index in [1.807, 2.05) is 0 Å². The van der Waals surface area contributed by atoms with Gasteiger partial charge in [0.15, 0.2) is 0 Å². The standard InChI is InChI=1S/2C12H20O4.2C12H24O2.4C4H9.2Sn/c2*1-9(2)6-4-3-5-7-10(12(15)16)8-11(13)14;2*1-2-3-4-5-6-7-8-9-10-11-12(13)14;4*1-3-4-2;;/h2*8-9H,3-7H2,1-2H3,(H,13,14)(H,15,16);2*2-11H2,1H3,(H,13,14);4*1,3-4H2,2H3;;/q;;;;;;;;2*+2/p-4/b2*10-8-;;;;;;;;.